The van der Waals surface area contributed by atoms with Crippen molar-refractivity contribution in [3.05, 3.63) is 46.7 Å². The molecule has 1 amide bonds. The van der Waals surface area contributed by atoms with Crippen LogP contribution in [0.15, 0.2) is 35.3 Å². The average Bonchev–Trinajstić information content (AvgIpc) is 2.27. The molecule has 0 radical (unpaired) electrons. The number of amides is 1. The molecule has 0 saturated heterocycles. The smallest absolute Gasteiger partial charge is 0.254 e. The number of hydrogen-bond donors (Lipinski definition) is 0. The summed E-state index contributed by atoms with van der Waals surface area (Å²) in [6, 6.07) is 4.39. The molecule has 0 aliphatic carbocycles. The monoisotopic (exact) mass is 313 g/mol. The number of hydrogen-bond acceptors (Lipinski definition) is 1. The van der Waals surface area contributed by atoms with E-state index in [4.69, 9.17) is 0 Å². The summed E-state index contributed by atoms with van der Waals surface area (Å²) in [7, 11) is 0. The van der Waals surface area contributed by atoms with Crippen LogP contribution in [0.3, 0.4) is 0 Å². The molecule has 0 saturated carbocycles. The fourth-order valence-electron chi connectivity index (χ4n) is 1.58. The molecule has 0 N–H and O–H groups in total. The van der Waals surface area contributed by atoms with E-state index in [0.29, 0.717) is 16.6 Å². The predicted molar refractivity (Wildman–Crippen MR) is 75.1 cm³/mol. The van der Waals surface area contributed by atoms with Gasteiger partial charge in [0.1, 0.15) is 5.82 Å². The zero-order valence-corrected chi connectivity index (χ0v) is 12.4. The Morgan fingerprint density at radius 1 is 1.50 bits per heavy atom. The van der Waals surface area contributed by atoms with Crippen molar-refractivity contribution in [3.8, 4) is 0 Å². The van der Waals surface area contributed by atoms with Crippen molar-refractivity contribution in [1.82, 2.24) is 4.90 Å². The highest BCUT2D eigenvalue weighted by atomic mass is 79.9. The highest BCUT2D eigenvalue weighted by Gasteiger charge is 2.26. The van der Waals surface area contributed by atoms with E-state index >= 15 is 0 Å². The summed E-state index contributed by atoms with van der Waals surface area (Å²) >= 11 is 3.07. The maximum absolute atomic E-state index is 13.4. The average molecular weight is 314 g/mol. The van der Waals surface area contributed by atoms with Crippen LogP contribution in [0.1, 0.15) is 31.1 Å². The first kappa shape index (κ1) is 14.9. The summed E-state index contributed by atoms with van der Waals surface area (Å²) in [6.07, 6.45) is 1.67. The minimum atomic E-state index is -0.437. The van der Waals surface area contributed by atoms with Crippen LogP contribution in [0.2, 0.25) is 0 Å². The molecule has 2 nitrogen and oxygen atoms in total. The summed E-state index contributed by atoms with van der Waals surface area (Å²) in [6.45, 7) is 9.88. The molecule has 0 fully saturated rings. The lowest BCUT2D eigenvalue weighted by Crippen LogP contribution is -2.45. The SMILES string of the molecule is C=CCN(C(=O)c1ccc(Br)c(F)c1)C(C)(C)C. The highest BCUT2D eigenvalue weighted by molar-refractivity contribution is 9.10. The van der Waals surface area contributed by atoms with Crippen LogP contribution < -0.4 is 0 Å². The van der Waals surface area contributed by atoms with Crippen LogP contribution in [-0.2, 0) is 0 Å². The third-order valence-corrected chi connectivity index (χ3v) is 3.18. The molecule has 1 rings (SSSR count). The quantitative estimate of drug-likeness (QED) is 0.772. The van der Waals surface area contributed by atoms with E-state index in [9.17, 15) is 9.18 Å². The van der Waals surface area contributed by atoms with Gasteiger partial charge in [-0.25, -0.2) is 4.39 Å². The molecule has 0 aliphatic heterocycles. The Hall–Kier alpha value is -1.16. The van der Waals surface area contributed by atoms with E-state index in [0.717, 1.165) is 0 Å². The van der Waals surface area contributed by atoms with Crippen molar-refractivity contribution in [3.63, 3.8) is 0 Å². The Balaban J connectivity index is 3.09. The lowest BCUT2D eigenvalue weighted by molar-refractivity contribution is 0.0616. The second-order valence-electron chi connectivity index (χ2n) is 5.00. The molecular formula is C14H17BrFNO. The molecule has 0 aliphatic rings. The van der Waals surface area contributed by atoms with Crippen LogP contribution in [0.4, 0.5) is 4.39 Å². The van der Waals surface area contributed by atoms with Crippen LogP contribution in [-0.4, -0.2) is 22.9 Å². The molecule has 1 aromatic carbocycles. The van der Waals surface area contributed by atoms with Crippen molar-refractivity contribution < 1.29 is 9.18 Å². The number of carbonyl (C=O) groups is 1. The molecule has 0 atom stereocenters. The third-order valence-electron chi connectivity index (χ3n) is 2.53. The maximum atomic E-state index is 13.4. The molecule has 0 bridgehead atoms. The van der Waals surface area contributed by atoms with E-state index in [1.165, 1.54) is 12.1 Å². The number of rotatable bonds is 3. The Morgan fingerprint density at radius 2 is 2.11 bits per heavy atom. The van der Waals surface area contributed by atoms with E-state index in [-0.39, 0.29) is 11.4 Å². The number of carbonyl (C=O) groups excluding carboxylic acids is 1. The van der Waals surface area contributed by atoms with E-state index in [1.807, 2.05) is 20.8 Å². The third kappa shape index (κ3) is 3.42. The normalized spacial score (nSPS) is 11.2. The highest BCUT2D eigenvalue weighted by Crippen LogP contribution is 2.21. The zero-order chi connectivity index (χ0) is 13.9. The van der Waals surface area contributed by atoms with Gasteiger partial charge in [0.2, 0.25) is 0 Å². The zero-order valence-electron chi connectivity index (χ0n) is 10.8. The van der Waals surface area contributed by atoms with Crippen LogP contribution in [0.25, 0.3) is 0 Å². The van der Waals surface area contributed by atoms with Gasteiger partial charge in [-0.15, -0.1) is 6.58 Å². The minimum absolute atomic E-state index is 0.200. The Bertz CT molecular complexity index is 465. The number of benzene rings is 1. The van der Waals surface area contributed by atoms with E-state index in [1.54, 1.807) is 17.0 Å². The van der Waals surface area contributed by atoms with E-state index < -0.39 is 5.82 Å². The summed E-state index contributed by atoms with van der Waals surface area (Å²) in [5.74, 6) is -0.637. The van der Waals surface area contributed by atoms with Gasteiger partial charge in [0.25, 0.3) is 5.91 Å². The Kier molecular flexibility index (Phi) is 4.68. The minimum Gasteiger partial charge on any atom is -0.330 e. The van der Waals surface area contributed by atoms with Gasteiger partial charge in [-0.3, -0.25) is 4.79 Å². The first-order chi connectivity index (χ1) is 8.27. The van der Waals surface area contributed by atoms with Crippen molar-refractivity contribution in [2.75, 3.05) is 6.54 Å². The lowest BCUT2D eigenvalue weighted by Gasteiger charge is -2.35. The lowest BCUT2D eigenvalue weighted by atomic mass is 10.0. The van der Waals surface area contributed by atoms with E-state index in [2.05, 4.69) is 22.5 Å². The Labute approximate surface area is 116 Å². The summed E-state index contributed by atoms with van der Waals surface area (Å²) in [5.41, 5.74) is 0.00179. The van der Waals surface area contributed by atoms with Gasteiger partial charge in [0.05, 0.1) is 4.47 Å². The molecule has 0 unspecified atom stereocenters. The molecule has 0 aromatic heterocycles. The van der Waals surface area contributed by atoms with Crippen molar-refractivity contribution >= 4 is 21.8 Å². The van der Waals surface area contributed by atoms with Gasteiger partial charge in [-0.05, 0) is 54.9 Å². The van der Waals surface area contributed by atoms with Crippen LogP contribution in [0, 0.1) is 5.82 Å². The first-order valence-electron chi connectivity index (χ1n) is 5.65. The van der Waals surface area contributed by atoms with Crippen molar-refractivity contribution in [2.45, 2.75) is 26.3 Å². The topological polar surface area (TPSA) is 20.3 Å². The molecule has 4 heteroatoms. The van der Waals surface area contributed by atoms with Crippen LogP contribution >= 0.6 is 15.9 Å². The fraction of sp³-hybridized carbons (Fsp3) is 0.357. The van der Waals surface area contributed by atoms with Crippen molar-refractivity contribution in [2.24, 2.45) is 0 Å². The standard InChI is InChI=1S/C14H17BrFNO/c1-5-8-17(14(2,3)4)13(18)10-6-7-11(15)12(16)9-10/h5-7,9H,1,8H2,2-4H3. The summed E-state index contributed by atoms with van der Waals surface area (Å²) in [5, 5.41) is 0. The van der Waals surface area contributed by atoms with Gasteiger partial charge in [0, 0.05) is 17.6 Å². The van der Waals surface area contributed by atoms with Gasteiger partial charge in [0.15, 0.2) is 0 Å². The van der Waals surface area contributed by atoms with Crippen molar-refractivity contribution in [1.29, 1.82) is 0 Å². The Morgan fingerprint density at radius 3 is 2.56 bits per heavy atom. The molecule has 98 valence electrons. The van der Waals surface area contributed by atoms with Gasteiger partial charge < -0.3 is 4.90 Å². The van der Waals surface area contributed by atoms with Gasteiger partial charge >= 0.3 is 0 Å². The van der Waals surface area contributed by atoms with Gasteiger partial charge in [-0.1, -0.05) is 6.08 Å². The summed E-state index contributed by atoms with van der Waals surface area (Å²) < 4.78 is 13.8. The maximum Gasteiger partial charge on any atom is 0.254 e. The number of nitrogens with zero attached hydrogens (tertiary/aromatic N) is 1. The molecule has 0 heterocycles. The molecule has 18 heavy (non-hydrogen) atoms. The second kappa shape index (κ2) is 5.65. The van der Waals surface area contributed by atoms with Gasteiger partial charge in [-0.2, -0.15) is 0 Å². The molecular weight excluding hydrogens is 297 g/mol. The largest absolute Gasteiger partial charge is 0.330 e. The van der Waals surface area contributed by atoms with Crippen LogP contribution in [0.5, 0.6) is 0 Å². The molecule has 1 aromatic rings. The summed E-state index contributed by atoms with van der Waals surface area (Å²) in [4.78, 5) is 14.0. The first-order valence-corrected chi connectivity index (χ1v) is 6.44. The molecule has 0 spiro atoms. The number of halogens is 2. The predicted octanol–water partition coefficient (Wildman–Crippen LogP) is 4.01. The second-order valence-corrected chi connectivity index (χ2v) is 5.86. The fourth-order valence-corrected chi connectivity index (χ4v) is 1.82.